The van der Waals surface area contributed by atoms with Gasteiger partial charge in [0.15, 0.2) is 11.5 Å². The molecule has 0 saturated carbocycles. The summed E-state index contributed by atoms with van der Waals surface area (Å²) in [6, 6.07) is 6.01. The second kappa shape index (κ2) is 12.0. The second-order valence-corrected chi connectivity index (χ2v) is 9.50. The SMILES string of the molecule is C=C1C=[n+]2cc(Br)cc(F)c2=N1.Cc1cn2cc(-c3ccnc(Cl)n3)cc(F)c2n1.Clc1ccnc(Cl)n1. The van der Waals surface area contributed by atoms with E-state index in [1.54, 1.807) is 45.6 Å². The fourth-order valence-electron chi connectivity index (χ4n) is 3.20. The third-order valence-corrected chi connectivity index (χ3v) is 5.67. The van der Waals surface area contributed by atoms with E-state index in [4.69, 9.17) is 34.8 Å². The Hall–Kier alpha value is -3.38. The molecule has 0 aromatic carbocycles. The van der Waals surface area contributed by atoms with Gasteiger partial charge in [-0.2, -0.15) is 8.63 Å². The van der Waals surface area contributed by atoms with Gasteiger partial charge in [0.2, 0.25) is 22.1 Å². The van der Waals surface area contributed by atoms with E-state index in [0.29, 0.717) is 37.7 Å². The van der Waals surface area contributed by atoms with E-state index < -0.39 is 5.82 Å². The van der Waals surface area contributed by atoms with Crippen LogP contribution < -0.4 is 9.73 Å². The van der Waals surface area contributed by atoms with Crippen molar-refractivity contribution in [2.45, 2.75) is 6.92 Å². The molecule has 6 rings (SSSR count). The molecule has 6 heterocycles. The molecule has 0 atom stereocenters. The molecule has 0 bridgehead atoms. The lowest BCUT2D eigenvalue weighted by Gasteiger charge is -2.03. The van der Waals surface area contributed by atoms with Crippen LogP contribution in [0, 0.1) is 24.8 Å². The quantitative estimate of drug-likeness (QED) is 0.133. The number of aromatic nitrogens is 7. The van der Waals surface area contributed by atoms with Crippen LogP contribution >= 0.6 is 50.7 Å². The molecule has 14 heteroatoms. The Morgan fingerprint density at radius 2 is 1.66 bits per heavy atom. The Morgan fingerprint density at radius 1 is 0.947 bits per heavy atom. The van der Waals surface area contributed by atoms with Crippen molar-refractivity contribution in [3.8, 4) is 11.3 Å². The zero-order chi connectivity index (χ0) is 27.4. The Morgan fingerprint density at radius 3 is 2.32 bits per heavy atom. The third kappa shape index (κ3) is 6.93. The maximum Gasteiger partial charge on any atom is 0.364 e. The van der Waals surface area contributed by atoms with Gasteiger partial charge >= 0.3 is 5.49 Å². The molecule has 0 spiro atoms. The number of rotatable bonds is 1. The van der Waals surface area contributed by atoms with Crippen molar-refractivity contribution in [1.82, 2.24) is 29.3 Å². The number of imidazole rings is 1. The number of nitrogens with zero attached hydrogens (tertiary/aromatic N) is 8. The summed E-state index contributed by atoms with van der Waals surface area (Å²) < 4.78 is 30.9. The van der Waals surface area contributed by atoms with Gasteiger partial charge in [0.05, 0.1) is 15.9 Å². The summed E-state index contributed by atoms with van der Waals surface area (Å²) in [4.78, 5) is 23.1. The predicted molar refractivity (Wildman–Crippen MR) is 142 cm³/mol. The molecule has 0 aliphatic carbocycles. The highest BCUT2D eigenvalue weighted by Gasteiger charge is 2.14. The van der Waals surface area contributed by atoms with E-state index in [1.807, 2.05) is 6.92 Å². The number of pyridine rings is 2. The highest BCUT2D eigenvalue weighted by Crippen LogP contribution is 2.21. The van der Waals surface area contributed by atoms with Crippen molar-refractivity contribution >= 4 is 56.4 Å². The summed E-state index contributed by atoms with van der Waals surface area (Å²) in [5.74, 6) is -0.741. The average molecular weight is 640 g/mol. The van der Waals surface area contributed by atoms with Crippen LogP contribution in [0.15, 0.2) is 77.0 Å². The predicted octanol–water partition coefficient (Wildman–Crippen LogP) is 5.71. The summed E-state index contributed by atoms with van der Waals surface area (Å²) in [7, 11) is 0. The first-order valence-corrected chi connectivity index (χ1v) is 12.5. The number of hydrogen-bond donors (Lipinski definition) is 0. The molecule has 5 aromatic rings. The van der Waals surface area contributed by atoms with E-state index in [0.717, 1.165) is 5.69 Å². The Labute approximate surface area is 237 Å². The van der Waals surface area contributed by atoms with E-state index in [-0.39, 0.29) is 16.4 Å². The van der Waals surface area contributed by atoms with Gasteiger partial charge in [-0.05, 0) is 75.8 Å². The summed E-state index contributed by atoms with van der Waals surface area (Å²) in [6.45, 7) is 5.43. The summed E-state index contributed by atoms with van der Waals surface area (Å²) in [6.07, 6.45) is 9.95. The van der Waals surface area contributed by atoms with Gasteiger partial charge in [-0.15, -0.1) is 0 Å². The van der Waals surface area contributed by atoms with E-state index >= 15 is 0 Å². The Bertz CT molecular complexity index is 1780. The molecule has 1 aliphatic heterocycles. The smallest absolute Gasteiger partial charge is 0.304 e. The first-order valence-electron chi connectivity index (χ1n) is 10.5. The first-order chi connectivity index (χ1) is 18.1. The van der Waals surface area contributed by atoms with Crippen molar-refractivity contribution in [3.63, 3.8) is 0 Å². The number of hydrogen-bond acceptors (Lipinski definition) is 6. The fourth-order valence-corrected chi connectivity index (χ4v) is 4.10. The monoisotopic (exact) mass is 637 g/mol. The van der Waals surface area contributed by atoms with Crippen molar-refractivity contribution in [2.24, 2.45) is 4.99 Å². The molecule has 0 radical (unpaired) electrons. The molecule has 0 amide bonds. The second-order valence-electron chi connectivity index (χ2n) is 7.52. The van der Waals surface area contributed by atoms with Gasteiger partial charge in [-0.1, -0.05) is 11.6 Å². The summed E-state index contributed by atoms with van der Waals surface area (Å²) >= 11 is 19.7. The van der Waals surface area contributed by atoms with E-state index in [9.17, 15) is 8.78 Å². The summed E-state index contributed by atoms with van der Waals surface area (Å²) in [5, 5.41) is 0.678. The minimum atomic E-state index is -0.393. The standard InChI is InChI=1S/C12H8ClFN4.C8H5BrFN2.C4H2Cl2N2/c1-7-5-18-6-8(4-9(14)11(18)16-7)10-2-3-15-12(13)17-10;1-5-3-12-4-6(9)2-7(10)8(12)11-5;5-3-1-2-7-4(6)8-3/h2-6H,1H3;2-4H,1H2;1-2H/q;+1;. The van der Waals surface area contributed by atoms with Crippen LogP contribution in [0.5, 0.6) is 0 Å². The molecule has 0 unspecified atom stereocenters. The normalized spacial score (nSPS) is 11.5. The number of allylic oxidation sites excluding steroid dienone is 1. The molecule has 5 aromatic heterocycles. The van der Waals surface area contributed by atoms with Gasteiger partial charge in [-0.3, -0.25) is 0 Å². The minimum absolute atomic E-state index is 0.134. The van der Waals surface area contributed by atoms with E-state index in [2.05, 4.69) is 52.4 Å². The highest BCUT2D eigenvalue weighted by atomic mass is 79.9. The van der Waals surface area contributed by atoms with Crippen LogP contribution in [-0.2, 0) is 0 Å². The third-order valence-electron chi connectivity index (χ3n) is 4.66. The molecular formula is C24H15BrCl3F2N8+. The zero-order valence-corrected chi connectivity index (χ0v) is 23.2. The van der Waals surface area contributed by atoms with Gasteiger partial charge in [-0.25, -0.2) is 29.3 Å². The summed E-state index contributed by atoms with van der Waals surface area (Å²) in [5.41, 5.74) is 3.13. The number of halogens is 6. The molecular weight excluding hydrogens is 625 g/mol. The zero-order valence-electron chi connectivity index (χ0n) is 19.3. The topological polar surface area (TPSA) is 87.1 Å². The van der Waals surface area contributed by atoms with Crippen LogP contribution in [0.25, 0.3) is 16.9 Å². The van der Waals surface area contributed by atoms with Gasteiger partial charge in [0.1, 0.15) is 17.6 Å². The molecule has 1 aliphatic rings. The lowest BCUT2D eigenvalue weighted by Crippen LogP contribution is -2.36. The lowest BCUT2D eigenvalue weighted by atomic mass is 10.2. The van der Waals surface area contributed by atoms with Gasteiger partial charge in [0, 0.05) is 36.4 Å². The Kier molecular flexibility index (Phi) is 8.72. The van der Waals surface area contributed by atoms with Crippen molar-refractivity contribution in [3.05, 3.63) is 117 Å². The molecule has 8 nitrogen and oxygen atoms in total. The lowest BCUT2D eigenvalue weighted by molar-refractivity contribution is -0.524. The van der Waals surface area contributed by atoms with Crippen LogP contribution in [0.4, 0.5) is 8.78 Å². The van der Waals surface area contributed by atoms with Crippen LogP contribution in [0.1, 0.15) is 5.69 Å². The van der Waals surface area contributed by atoms with Crippen LogP contribution in [0.3, 0.4) is 0 Å². The molecule has 192 valence electrons. The number of aryl methyl sites for hydroxylation is 1. The first kappa shape index (κ1) is 27.6. The van der Waals surface area contributed by atoms with Crippen molar-refractivity contribution in [2.75, 3.05) is 0 Å². The van der Waals surface area contributed by atoms with Crippen molar-refractivity contribution in [1.29, 1.82) is 0 Å². The number of fused-ring (bicyclic) bond motifs is 2. The van der Waals surface area contributed by atoms with Gasteiger partial charge < -0.3 is 4.40 Å². The molecule has 0 fully saturated rings. The van der Waals surface area contributed by atoms with E-state index in [1.165, 1.54) is 24.5 Å². The average Bonchev–Trinajstić information content (AvgIpc) is 3.41. The van der Waals surface area contributed by atoms with Gasteiger partial charge in [0.25, 0.3) is 0 Å². The molecule has 0 saturated heterocycles. The van der Waals surface area contributed by atoms with Crippen LogP contribution in [0.2, 0.25) is 15.7 Å². The molecule has 38 heavy (non-hydrogen) atoms. The fraction of sp³-hybridized carbons (Fsp3) is 0.0417. The minimum Gasteiger partial charge on any atom is -0.304 e. The Balaban J connectivity index is 0.000000145. The largest absolute Gasteiger partial charge is 0.364 e. The highest BCUT2D eigenvalue weighted by molar-refractivity contribution is 9.10. The van der Waals surface area contributed by atoms with Crippen molar-refractivity contribution < 1.29 is 13.0 Å². The molecule has 0 N–H and O–H groups in total. The maximum absolute atomic E-state index is 13.9. The maximum atomic E-state index is 13.9. The van der Waals surface area contributed by atoms with Crippen LogP contribution in [-0.4, -0.2) is 29.3 Å².